The zero-order chi connectivity index (χ0) is 23.4. The second-order valence-electron chi connectivity index (χ2n) is 9.15. The second-order valence-corrected chi connectivity index (χ2v) is 9.15. The van der Waals surface area contributed by atoms with Gasteiger partial charge < -0.3 is 16.0 Å². The molecule has 174 valence electrons. The molecule has 4 rings (SSSR count). The molecule has 0 bridgehead atoms. The van der Waals surface area contributed by atoms with Crippen LogP contribution in [0.1, 0.15) is 62.8 Å². The first-order valence-electron chi connectivity index (χ1n) is 11.7. The molecule has 3 unspecified atom stereocenters. The molecular weight excluding hydrogens is 416 g/mol. The molecule has 1 aromatic carbocycles. The minimum absolute atomic E-state index is 0. The van der Waals surface area contributed by atoms with E-state index in [0.717, 1.165) is 44.2 Å². The van der Waals surface area contributed by atoms with Crippen molar-refractivity contribution in [1.29, 1.82) is 5.26 Å². The van der Waals surface area contributed by atoms with Gasteiger partial charge in [0.1, 0.15) is 0 Å². The number of nitrogens with two attached hydrogens (primary N) is 1. The molecular formula is C25H32N6O2. The van der Waals surface area contributed by atoms with E-state index in [2.05, 4.69) is 23.3 Å². The monoisotopic (exact) mass is 448 g/mol. The number of rotatable bonds is 5. The predicted octanol–water partition coefficient (Wildman–Crippen LogP) is 3.27. The smallest absolute Gasteiger partial charge is 0.255 e. The van der Waals surface area contributed by atoms with E-state index in [-0.39, 0.29) is 25.2 Å². The van der Waals surface area contributed by atoms with Crippen LogP contribution in [0.5, 0.6) is 0 Å². The first-order valence-corrected chi connectivity index (χ1v) is 11.7. The normalized spacial score (nSPS) is 22.9. The topological polar surface area (TPSA) is 125 Å². The van der Waals surface area contributed by atoms with Gasteiger partial charge in [0.2, 0.25) is 11.9 Å². The van der Waals surface area contributed by atoms with Crippen molar-refractivity contribution in [1.82, 2.24) is 15.3 Å². The third kappa shape index (κ3) is 5.14. The van der Waals surface area contributed by atoms with E-state index in [4.69, 9.17) is 16.0 Å². The van der Waals surface area contributed by atoms with Crippen LogP contribution in [-0.2, 0) is 4.79 Å². The van der Waals surface area contributed by atoms with Crippen LogP contribution in [-0.4, -0.2) is 40.9 Å². The molecule has 1 aromatic heterocycles. The van der Waals surface area contributed by atoms with Crippen molar-refractivity contribution < 1.29 is 11.0 Å². The predicted molar refractivity (Wildman–Crippen MR) is 127 cm³/mol. The molecule has 2 fully saturated rings. The molecule has 8 nitrogen and oxygen atoms in total. The van der Waals surface area contributed by atoms with Crippen LogP contribution < -0.4 is 16.0 Å². The van der Waals surface area contributed by atoms with Crippen LogP contribution in [0.15, 0.2) is 30.5 Å². The number of hydrogen-bond donors (Lipinski definition) is 2. The SMILES string of the molecule is CC1CCCCC1NC(=O)c1cnc(N2CCCC(C(N)=O)C2)nc1-c1ccc(C#N)cc1.[HH]. The standard InChI is InChI=1S/C25H30N6O2.H2/c1-16-5-2-3-7-21(16)29-24(33)20-14-28-25(31-12-4-6-19(15-31)23(27)32)30-22(20)18-10-8-17(13-26)9-11-18;/h8-11,14,16,19,21H,2-7,12,15H2,1H3,(H2,27,32)(H,29,33);1H. The molecule has 1 saturated heterocycles. The summed E-state index contributed by atoms with van der Waals surface area (Å²) < 4.78 is 0. The van der Waals surface area contributed by atoms with Crippen LogP contribution in [0.25, 0.3) is 11.3 Å². The third-order valence-electron chi connectivity index (χ3n) is 6.84. The third-order valence-corrected chi connectivity index (χ3v) is 6.84. The summed E-state index contributed by atoms with van der Waals surface area (Å²) in [5.41, 5.74) is 7.74. The Morgan fingerprint density at radius 1 is 1.18 bits per heavy atom. The van der Waals surface area contributed by atoms with E-state index in [1.165, 1.54) is 6.42 Å². The average Bonchev–Trinajstić information content (AvgIpc) is 2.85. The molecule has 0 radical (unpaired) electrons. The number of hydrogen-bond acceptors (Lipinski definition) is 6. The number of nitrogens with zero attached hydrogens (tertiary/aromatic N) is 4. The Balaban J connectivity index is 0.00000324. The van der Waals surface area contributed by atoms with Gasteiger partial charge in [-0.3, -0.25) is 9.59 Å². The minimum atomic E-state index is -0.315. The maximum atomic E-state index is 13.3. The van der Waals surface area contributed by atoms with Gasteiger partial charge >= 0.3 is 0 Å². The zero-order valence-corrected chi connectivity index (χ0v) is 19.0. The Bertz CT molecular complexity index is 1070. The van der Waals surface area contributed by atoms with Crippen LogP contribution >= 0.6 is 0 Å². The maximum Gasteiger partial charge on any atom is 0.255 e. The van der Waals surface area contributed by atoms with Gasteiger partial charge in [0, 0.05) is 32.3 Å². The lowest BCUT2D eigenvalue weighted by atomic mass is 9.86. The Morgan fingerprint density at radius 2 is 1.94 bits per heavy atom. The second kappa shape index (κ2) is 9.99. The van der Waals surface area contributed by atoms with Crippen molar-refractivity contribution in [3.05, 3.63) is 41.6 Å². The lowest BCUT2D eigenvalue weighted by molar-refractivity contribution is -0.122. The van der Waals surface area contributed by atoms with Gasteiger partial charge in [-0.1, -0.05) is 31.9 Å². The highest BCUT2D eigenvalue weighted by Crippen LogP contribution is 2.28. The van der Waals surface area contributed by atoms with Crippen molar-refractivity contribution in [2.24, 2.45) is 17.6 Å². The van der Waals surface area contributed by atoms with E-state index < -0.39 is 0 Å². The van der Waals surface area contributed by atoms with Gasteiger partial charge in [0.15, 0.2) is 0 Å². The average molecular weight is 449 g/mol. The molecule has 3 N–H and O–H groups in total. The van der Waals surface area contributed by atoms with E-state index in [9.17, 15) is 9.59 Å². The number of amides is 2. The van der Waals surface area contributed by atoms with E-state index in [1.54, 1.807) is 30.5 Å². The summed E-state index contributed by atoms with van der Waals surface area (Å²) in [6.07, 6.45) is 7.55. The number of anilines is 1. The fourth-order valence-corrected chi connectivity index (χ4v) is 4.78. The molecule has 8 heteroatoms. The summed E-state index contributed by atoms with van der Waals surface area (Å²) in [6.45, 7) is 3.37. The summed E-state index contributed by atoms with van der Waals surface area (Å²) in [5.74, 6) is 0.164. The fraction of sp³-hybridized carbons (Fsp3) is 0.480. The molecule has 2 heterocycles. The largest absolute Gasteiger partial charge is 0.369 e. The van der Waals surface area contributed by atoms with Gasteiger partial charge in [-0.15, -0.1) is 0 Å². The van der Waals surface area contributed by atoms with Crippen LogP contribution in [0.4, 0.5) is 5.95 Å². The number of primary amides is 1. The van der Waals surface area contributed by atoms with Crippen LogP contribution in [0.3, 0.4) is 0 Å². The molecule has 1 saturated carbocycles. The molecule has 1 aliphatic heterocycles. The first kappa shape index (κ1) is 22.7. The summed E-state index contributed by atoms with van der Waals surface area (Å²) in [7, 11) is 0. The molecule has 3 atom stereocenters. The summed E-state index contributed by atoms with van der Waals surface area (Å²) >= 11 is 0. The van der Waals surface area contributed by atoms with Crippen molar-refractivity contribution in [2.45, 2.75) is 51.5 Å². The number of aromatic nitrogens is 2. The number of benzene rings is 1. The zero-order valence-electron chi connectivity index (χ0n) is 19.0. The first-order chi connectivity index (χ1) is 16.0. The highest BCUT2D eigenvalue weighted by molar-refractivity contribution is 6.00. The minimum Gasteiger partial charge on any atom is -0.369 e. The van der Waals surface area contributed by atoms with Crippen molar-refractivity contribution in [3.8, 4) is 17.3 Å². The Morgan fingerprint density at radius 3 is 2.64 bits per heavy atom. The van der Waals surface area contributed by atoms with E-state index in [1.807, 2.05) is 4.90 Å². The highest BCUT2D eigenvalue weighted by atomic mass is 16.2. The van der Waals surface area contributed by atoms with Gasteiger partial charge in [-0.2, -0.15) is 5.26 Å². The Labute approximate surface area is 195 Å². The molecule has 2 aliphatic rings. The molecule has 0 spiro atoms. The van der Waals surface area contributed by atoms with Gasteiger partial charge in [-0.25, -0.2) is 9.97 Å². The van der Waals surface area contributed by atoms with Crippen molar-refractivity contribution in [2.75, 3.05) is 18.0 Å². The molecule has 33 heavy (non-hydrogen) atoms. The number of piperidine rings is 1. The van der Waals surface area contributed by atoms with E-state index >= 15 is 0 Å². The highest BCUT2D eigenvalue weighted by Gasteiger charge is 2.28. The van der Waals surface area contributed by atoms with Gasteiger partial charge in [0.25, 0.3) is 5.91 Å². The van der Waals surface area contributed by atoms with Crippen molar-refractivity contribution >= 4 is 17.8 Å². The van der Waals surface area contributed by atoms with Crippen LogP contribution in [0.2, 0.25) is 0 Å². The quantitative estimate of drug-likeness (QED) is 0.723. The molecule has 2 amide bonds. The number of carbonyl (C=O) groups is 2. The summed E-state index contributed by atoms with van der Waals surface area (Å²) in [4.78, 5) is 36.2. The number of nitriles is 1. The van der Waals surface area contributed by atoms with Gasteiger partial charge in [-0.05, 0) is 43.7 Å². The number of carbonyl (C=O) groups excluding carboxylic acids is 2. The number of nitrogens with one attached hydrogen (secondary N) is 1. The van der Waals surface area contributed by atoms with Crippen LogP contribution in [0, 0.1) is 23.2 Å². The summed E-state index contributed by atoms with van der Waals surface area (Å²) in [5, 5.41) is 12.3. The lowest BCUT2D eigenvalue weighted by Crippen LogP contribution is -2.42. The fourth-order valence-electron chi connectivity index (χ4n) is 4.78. The van der Waals surface area contributed by atoms with Gasteiger partial charge in [0.05, 0.1) is 28.8 Å². The summed E-state index contributed by atoms with van der Waals surface area (Å²) in [6, 6.07) is 9.28. The van der Waals surface area contributed by atoms with E-state index in [0.29, 0.717) is 35.2 Å². The van der Waals surface area contributed by atoms with Crippen molar-refractivity contribution in [3.63, 3.8) is 0 Å². The lowest BCUT2D eigenvalue weighted by Gasteiger charge is -2.32. The Hall–Kier alpha value is -3.47. The molecule has 2 aromatic rings. The maximum absolute atomic E-state index is 13.3. The Kier molecular flexibility index (Phi) is 6.87. The molecule has 1 aliphatic carbocycles.